The molecule has 0 aliphatic heterocycles. The quantitative estimate of drug-likeness (QED) is 0.735. The van der Waals surface area contributed by atoms with Crippen LogP contribution in [-0.4, -0.2) is 21.8 Å². The third-order valence-electron chi connectivity index (χ3n) is 2.81. The lowest BCUT2D eigenvalue weighted by Crippen LogP contribution is -1.96. The number of rotatable bonds is 4. The van der Waals surface area contributed by atoms with Crippen LogP contribution in [0.5, 0.6) is 5.88 Å². The zero-order valence-electron chi connectivity index (χ0n) is 11.3. The second-order valence-electron chi connectivity index (χ2n) is 4.18. The minimum atomic E-state index is -0.413. The first-order valence-corrected chi connectivity index (χ1v) is 6.46. The average molecular weight is 285 g/mol. The molecule has 0 N–H and O–H groups in total. The van der Waals surface area contributed by atoms with Gasteiger partial charge in [-0.25, -0.2) is 9.37 Å². The summed E-state index contributed by atoms with van der Waals surface area (Å²) >= 11 is 0. The maximum atomic E-state index is 13.7. The van der Waals surface area contributed by atoms with Crippen LogP contribution in [0.25, 0.3) is 22.9 Å². The molecule has 5 nitrogen and oxygen atoms in total. The average Bonchev–Trinajstić information content (AvgIpc) is 2.98. The van der Waals surface area contributed by atoms with Gasteiger partial charge in [0.1, 0.15) is 11.4 Å². The lowest BCUT2D eigenvalue weighted by atomic mass is 10.2. The number of pyridine rings is 1. The van der Waals surface area contributed by atoms with Crippen LogP contribution in [0.15, 0.2) is 47.0 Å². The molecule has 0 fully saturated rings. The Morgan fingerprint density at radius 2 is 1.76 bits per heavy atom. The fourth-order valence-electron chi connectivity index (χ4n) is 1.88. The molecule has 0 radical (unpaired) electrons. The van der Waals surface area contributed by atoms with E-state index in [0.717, 1.165) is 0 Å². The first-order chi connectivity index (χ1) is 10.3. The molecule has 6 heteroatoms. The van der Waals surface area contributed by atoms with Gasteiger partial charge in [-0.15, -0.1) is 10.2 Å². The van der Waals surface area contributed by atoms with Crippen LogP contribution in [0.3, 0.4) is 0 Å². The summed E-state index contributed by atoms with van der Waals surface area (Å²) in [6, 6.07) is 9.73. The molecule has 0 saturated carbocycles. The van der Waals surface area contributed by atoms with Crippen molar-refractivity contribution in [2.45, 2.75) is 6.92 Å². The van der Waals surface area contributed by atoms with Crippen molar-refractivity contribution >= 4 is 0 Å². The molecule has 3 rings (SSSR count). The lowest BCUT2D eigenvalue weighted by molar-refractivity contribution is 0.327. The van der Waals surface area contributed by atoms with E-state index in [2.05, 4.69) is 15.2 Å². The summed E-state index contributed by atoms with van der Waals surface area (Å²) in [6.07, 6.45) is 1.61. The van der Waals surface area contributed by atoms with E-state index in [-0.39, 0.29) is 17.3 Å². The third kappa shape index (κ3) is 2.60. The fraction of sp³-hybridized carbons (Fsp3) is 0.133. The largest absolute Gasteiger partial charge is 0.477 e. The highest BCUT2D eigenvalue weighted by Gasteiger charge is 2.17. The van der Waals surface area contributed by atoms with Crippen molar-refractivity contribution in [2.75, 3.05) is 6.61 Å². The Kier molecular flexibility index (Phi) is 3.59. The van der Waals surface area contributed by atoms with Crippen molar-refractivity contribution in [3.05, 3.63) is 48.4 Å². The van der Waals surface area contributed by atoms with Gasteiger partial charge < -0.3 is 9.15 Å². The van der Waals surface area contributed by atoms with Gasteiger partial charge in [-0.3, -0.25) is 0 Å². The van der Waals surface area contributed by atoms with E-state index in [9.17, 15) is 4.39 Å². The summed E-state index contributed by atoms with van der Waals surface area (Å²) in [4.78, 5) is 4.12. The van der Waals surface area contributed by atoms with Gasteiger partial charge in [-0.2, -0.15) is 0 Å². The van der Waals surface area contributed by atoms with E-state index in [0.29, 0.717) is 18.1 Å². The van der Waals surface area contributed by atoms with Gasteiger partial charge in [-0.1, -0.05) is 12.1 Å². The monoisotopic (exact) mass is 285 g/mol. The summed E-state index contributed by atoms with van der Waals surface area (Å²) in [5.74, 6) is 0.354. The van der Waals surface area contributed by atoms with Gasteiger partial charge >= 0.3 is 0 Å². The maximum absolute atomic E-state index is 13.7. The fourth-order valence-corrected chi connectivity index (χ4v) is 1.88. The summed E-state index contributed by atoms with van der Waals surface area (Å²) in [5.41, 5.74) is 0.840. The number of halogens is 1. The zero-order chi connectivity index (χ0) is 14.7. The molecule has 2 heterocycles. The van der Waals surface area contributed by atoms with E-state index in [1.165, 1.54) is 6.07 Å². The SMILES string of the molecule is CCOc1ncccc1-c1nnc(-c2ccccc2F)o1. The molecule has 21 heavy (non-hydrogen) atoms. The van der Waals surface area contributed by atoms with E-state index < -0.39 is 5.82 Å². The Morgan fingerprint density at radius 3 is 2.52 bits per heavy atom. The van der Waals surface area contributed by atoms with Crippen LogP contribution < -0.4 is 4.74 Å². The Hall–Kier alpha value is -2.76. The Morgan fingerprint density at radius 1 is 1.05 bits per heavy atom. The highest BCUT2D eigenvalue weighted by molar-refractivity contribution is 5.62. The van der Waals surface area contributed by atoms with Gasteiger partial charge in [0.2, 0.25) is 5.88 Å². The molecule has 0 saturated heterocycles. The Balaban J connectivity index is 2.01. The summed E-state index contributed by atoms with van der Waals surface area (Å²) in [5, 5.41) is 7.83. The zero-order valence-corrected chi connectivity index (χ0v) is 11.3. The summed E-state index contributed by atoms with van der Waals surface area (Å²) in [7, 11) is 0. The van der Waals surface area contributed by atoms with Crippen LogP contribution in [0.4, 0.5) is 4.39 Å². The van der Waals surface area contributed by atoms with Crippen LogP contribution in [0, 0.1) is 5.82 Å². The second-order valence-corrected chi connectivity index (χ2v) is 4.18. The predicted molar refractivity (Wildman–Crippen MR) is 74.1 cm³/mol. The summed E-state index contributed by atoms with van der Waals surface area (Å²) in [6.45, 7) is 2.33. The molecule has 0 spiro atoms. The van der Waals surface area contributed by atoms with Gasteiger partial charge in [0.15, 0.2) is 0 Å². The molecule has 0 atom stereocenters. The first kappa shape index (κ1) is 13.2. The smallest absolute Gasteiger partial charge is 0.253 e. The molecular weight excluding hydrogens is 273 g/mol. The number of ether oxygens (including phenoxy) is 1. The van der Waals surface area contributed by atoms with Crippen molar-refractivity contribution < 1.29 is 13.5 Å². The highest BCUT2D eigenvalue weighted by Crippen LogP contribution is 2.29. The van der Waals surface area contributed by atoms with E-state index >= 15 is 0 Å². The first-order valence-electron chi connectivity index (χ1n) is 6.46. The van der Waals surface area contributed by atoms with Gasteiger partial charge in [0.05, 0.1) is 12.2 Å². The molecule has 0 aliphatic rings. The predicted octanol–water partition coefficient (Wildman–Crippen LogP) is 3.34. The van der Waals surface area contributed by atoms with Crippen molar-refractivity contribution in [3.63, 3.8) is 0 Å². The number of benzene rings is 1. The Bertz CT molecular complexity index is 758. The van der Waals surface area contributed by atoms with Gasteiger partial charge in [-0.05, 0) is 31.2 Å². The van der Waals surface area contributed by atoms with Gasteiger partial charge in [0, 0.05) is 6.20 Å². The van der Waals surface area contributed by atoms with E-state index in [4.69, 9.17) is 9.15 Å². The molecule has 0 bridgehead atoms. The molecular formula is C15H12FN3O2. The standard InChI is InChI=1S/C15H12FN3O2/c1-2-20-13-11(7-5-9-17-13)15-19-18-14(21-15)10-6-3-4-8-12(10)16/h3-9H,2H2,1H3. The Labute approximate surface area is 120 Å². The highest BCUT2D eigenvalue weighted by atomic mass is 19.1. The molecule has 1 aromatic carbocycles. The van der Waals surface area contributed by atoms with Crippen molar-refractivity contribution in [1.29, 1.82) is 0 Å². The number of aromatic nitrogens is 3. The lowest BCUT2D eigenvalue weighted by Gasteiger charge is -2.04. The number of nitrogens with zero attached hydrogens (tertiary/aromatic N) is 3. The number of hydrogen-bond donors (Lipinski definition) is 0. The van der Waals surface area contributed by atoms with Crippen molar-refractivity contribution in [2.24, 2.45) is 0 Å². The summed E-state index contributed by atoms with van der Waals surface area (Å²) < 4.78 is 24.7. The maximum Gasteiger partial charge on any atom is 0.253 e. The van der Waals surface area contributed by atoms with Crippen molar-refractivity contribution in [1.82, 2.24) is 15.2 Å². The molecule has 106 valence electrons. The third-order valence-corrected chi connectivity index (χ3v) is 2.81. The molecule has 0 unspecified atom stereocenters. The van der Waals surface area contributed by atoms with Crippen LogP contribution in [0.2, 0.25) is 0 Å². The number of hydrogen-bond acceptors (Lipinski definition) is 5. The normalized spacial score (nSPS) is 10.6. The minimum absolute atomic E-state index is 0.120. The second kappa shape index (κ2) is 5.70. The molecule has 0 amide bonds. The van der Waals surface area contributed by atoms with Crippen LogP contribution in [-0.2, 0) is 0 Å². The van der Waals surface area contributed by atoms with E-state index in [1.807, 2.05) is 6.92 Å². The van der Waals surface area contributed by atoms with Crippen LogP contribution in [0.1, 0.15) is 6.92 Å². The van der Waals surface area contributed by atoms with Gasteiger partial charge in [0.25, 0.3) is 11.8 Å². The van der Waals surface area contributed by atoms with Crippen molar-refractivity contribution in [3.8, 4) is 28.8 Å². The molecule has 0 aliphatic carbocycles. The van der Waals surface area contributed by atoms with E-state index in [1.54, 1.807) is 36.5 Å². The topological polar surface area (TPSA) is 61.0 Å². The minimum Gasteiger partial charge on any atom is -0.477 e. The molecule has 3 aromatic rings. The van der Waals surface area contributed by atoms with Crippen LogP contribution >= 0.6 is 0 Å². The molecule has 2 aromatic heterocycles.